The Balaban J connectivity index is 1.77. The van der Waals surface area contributed by atoms with E-state index < -0.39 is 12.0 Å². The summed E-state index contributed by atoms with van der Waals surface area (Å²) >= 11 is 1.38. The first-order valence-corrected chi connectivity index (χ1v) is 11.5. The number of ether oxygens (including phenoxy) is 1. The Morgan fingerprint density at radius 3 is 2.06 bits per heavy atom. The minimum absolute atomic E-state index is 0.246. The van der Waals surface area contributed by atoms with Crippen LogP contribution >= 0.6 is 11.3 Å². The molecule has 0 aliphatic heterocycles. The van der Waals surface area contributed by atoms with E-state index in [0.717, 1.165) is 21.6 Å². The van der Waals surface area contributed by atoms with Crippen molar-refractivity contribution in [3.8, 4) is 10.4 Å². The topological polar surface area (TPSA) is 67.4 Å². The number of hydrogen-bond acceptors (Lipinski definition) is 4. The van der Waals surface area contributed by atoms with E-state index in [1.54, 1.807) is 19.1 Å². The summed E-state index contributed by atoms with van der Waals surface area (Å²) in [4.78, 5) is 26.8. The number of thiophene rings is 1. The van der Waals surface area contributed by atoms with Crippen molar-refractivity contribution in [1.82, 2.24) is 0 Å². The Hall–Kier alpha value is -3.90. The summed E-state index contributed by atoms with van der Waals surface area (Å²) in [6.45, 7) is 2.02. The van der Waals surface area contributed by atoms with Crippen LogP contribution in [0.25, 0.3) is 10.4 Å². The molecule has 2 N–H and O–H groups in total. The van der Waals surface area contributed by atoms with Gasteiger partial charge in [-0.2, -0.15) is 0 Å². The van der Waals surface area contributed by atoms with E-state index in [9.17, 15) is 9.59 Å². The fourth-order valence-electron chi connectivity index (χ4n) is 3.55. The van der Waals surface area contributed by atoms with Gasteiger partial charge in [0.25, 0.3) is 0 Å². The molecule has 5 nitrogen and oxygen atoms in total. The van der Waals surface area contributed by atoms with E-state index in [2.05, 4.69) is 10.6 Å². The molecule has 0 saturated carbocycles. The lowest BCUT2D eigenvalue weighted by molar-refractivity contribution is 0.0527. The fourth-order valence-corrected chi connectivity index (χ4v) is 4.76. The second-order valence-corrected chi connectivity index (χ2v) is 8.33. The predicted molar refractivity (Wildman–Crippen MR) is 134 cm³/mol. The first kappa shape index (κ1) is 22.3. The molecule has 4 rings (SSSR count). The van der Waals surface area contributed by atoms with Crippen molar-refractivity contribution in [1.29, 1.82) is 0 Å². The SMILES string of the molecule is CCOC(=O)c1c(NC(=O)Nc2ccccc2)sc(-c2ccccc2)c1Cc1ccccc1. The Morgan fingerprint density at radius 2 is 1.42 bits per heavy atom. The summed E-state index contributed by atoms with van der Waals surface area (Å²) in [6, 6.07) is 28.6. The predicted octanol–water partition coefficient (Wildman–Crippen LogP) is 6.83. The molecule has 0 saturated heterocycles. The second kappa shape index (κ2) is 10.6. The molecule has 0 unspecified atom stereocenters. The van der Waals surface area contributed by atoms with Gasteiger partial charge < -0.3 is 10.1 Å². The van der Waals surface area contributed by atoms with Gasteiger partial charge >= 0.3 is 12.0 Å². The Bertz CT molecular complexity index is 1220. The lowest BCUT2D eigenvalue weighted by atomic mass is 9.98. The molecule has 0 fully saturated rings. The first-order valence-electron chi connectivity index (χ1n) is 10.7. The van der Waals surface area contributed by atoms with E-state index >= 15 is 0 Å². The van der Waals surface area contributed by atoms with Gasteiger partial charge in [-0.3, -0.25) is 5.32 Å². The highest BCUT2D eigenvalue weighted by atomic mass is 32.1. The number of benzene rings is 3. The average Bonchev–Trinajstić information content (AvgIpc) is 3.18. The highest BCUT2D eigenvalue weighted by Gasteiger charge is 2.27. The largest absolute Gasteiger partial charge is 0.462 e. The number of anilines is 2. The van der Waals surface area contributed by atoms with Gasteiger partial charge in [0.2, 0.25) is 0 Å². The quantitative estimate of drug-likeness (QED) is 0.300. The second-order valence-electron chi connectivity index (χ2n) is 7.31. The zero-order valence-corrected chi connectivity index (χ0v) is 19.0. The van der Waals surface area contributed by atoms with Gasteiger partial charge in [0, 0.05) is 10.6 Å². The maximum Gasteiger partial charge on any atom is 0.341 e. The molecule has 4 aromatic rings. The van der Waals surface area contributed by atoms with Crippen LogP contribution < -0.4 is 10.6 Å². The Kier molecular flexibility index (Phi) is 7.17. The van der Waals surface area contributed by atoms with E-state index in [1.807, 2.05) is 78.9 Å². The summed E-state index contributed by atoms with van der Waals surface area (Å²) < 4.78 is 5.39. The van der Waals surface area contributed by atoms with Crippen LogP contribution in [-0.2, 0) is 11.2 Å². The molecule has 166 valence electrons. The fraction of sp³-hybridized carbons (Fsp3) is 0.111. The molecule has 6 heteroatoms. The van der Waals surface area contributed by atoms with Gasteiger partial charge in [-0.05, 0) is 42.2 Å². The number of carbonyl (C=O) groups excluding carboxylic acids is 2. The minimum Gasteiger partial charge on any atom is -0.462 e. The molecule has 0 spiro atoms. The molecule has 1 heterocycles. The molecular weight excluding hydrogens is 432 g/mol. The zero-order chi connectivity index (χ0) is 23.0. The molecular formula is C27H24N2O3S. The zero-order valence-electron chi connectivity index (χ0n) is 18.2. The third-order valence-corrected chi connectivity index (χ3v) is 6.20. The molecule has 0 atom stereocenters. The van der Waals surface area contributed by atoms with Crippen molar-refractivity contribution in [2.75, 3.05) is 17.2 Å². The van der Waals surface area contributed by atoms with E-state index in [0.29, 0.717) is 22.7 Å². The first-order chi connectivity index (χ1) is 16.2. The van der Waals surface area contributed by atoms with Crippen LogP contribution in [0.1, 0.15) is 28.4 Å². The van der Waals surface area contributed by atoms with Gasteiger partial charge in [0.1, 0.15) is 5.00 Å². The standard InChI is InChI=1S/C27H24N2O3S/c1-2-32-26(30)23-22(18-19-12-6-3-7-13-19)24(20-14-8-4-9-15-20)33-25(23)29-27(31)28-21-16-10-5-11-17-21/h3-17H,2,18H2,1H3,(H2,28,29,31). The number of nitrogens with one attached hydrogen (secondary N) is 2. The number of esters is 1. The van der Waals surface area contributed by atoms with Crippen LogP contribution in [0.4, 0.5) is 15.5 Å². The van der Waals surface area contributed by atoms with E-state index in [1.165, 1.54) is 11.3 Å². The van der Waals surface area contributed by atoms with Crippen LogP contribution in [-0.4, -0.2) is 18.6 Å². The summed E-state index contributed by atoms with van der Waals surface area (Å²) in [5.74, 6) is -0.447. The molecule has 2 amide bonds. The van der Waals surface area contributed by atoms with Gasteiger partial charge in [0.05, 0.1) is 12.2 Å². The number of carbonyl (C=O) groups is 2. The maximum absolute atomic E-state index is 13.1. The number of urea groups is 1. The van der Waals surface area contributed by atoms with Crippen molar-refractivity contribution in [2.24, 2.45) is 0 Å². The average molecular weight is 457 g/mol. The van der Waals surface area contributed by atoms with Crippen molar-refractivity contribution in [3.63, 3.8) is 0 Å². The lowest BCUT2D eigenvalue weighted by Gasteiger charge is -2.10. The number of hydrogen-bond donors (Lipinski definition) is 2. The molecule has 0 bridgehead atoms. The monoisotopic (exact) mass is 456 g/mol. The van der Waals surface area contributed by atoms with Crippen molar-refractivity contribution >= 4 is 34.0 Å². The van der Waals surface area contributed by atoms with Gasteiger partial charge in [-0.15, -0.1) is 11.3 Å². The minimum atomic E-state index is -0.447. The summed E-state index contributed by atoms with van der Waals surface area (Å²) in [7, 11) is 0. The normalized spacial score (nSPS) is 10.5. The molecule has 1 aromatic heterocycles. The highest BCUT2D eigenvalue weighted by Crippen LogP contribution is 2.42. The summed E-state index contributed by atoms with van der Waals surface area (Å²) in [5, 5.41) is 6.16. The van der Waals surface area contributed by atoms with Crippen LogP contribution in [0.15, 0.2) is 91.0 Å². The molecule has 33 heavy (non-hydrogen) atoms. The van der Waals surface area contributed by atoms with Gasteiger partial charge in [-0.25, -0.2) is 9.59 Å². The van der Waals surface area contributed by atoms with E-state index in [-0.39, 0.29) is 6.61 Å². The Morgan fingerprint density at radius 1 is 0.818 bits per heavy atom. The molecule has 3 aromatic carbocycles. The van der Waals surface area contributed by atoms with Crippen LogP contribution in [0.3, 0.4) is 0 Å². The van der Waals surface area contributed by atoms with Crippen LogP contribution in [0.5, 0.6) is 0 Å². The van der Waals surface area contributed by atoms with Crippen LogP contribution in [0, 0.1) is 0 Å². The van der Waals surface area contributed by atoms with E-state index in [4.69, 9.17) is 4.74 Å². The summed E-state index contributed by atoms with van der Waals surface area (Å²) in [6.07, 6.45) is 0.539. The third kappa shape index (κ3) is 5.48. The number of rotatable bonds is 7. The van der Waals surface area contributed by atoms with Crippen molar-refractivity contribution in [3.05, 3.63) is 108 Å². The molecule has 0 radical (unpaired) electrons. The lowest BCUT2D eigenvalue weighted by Crippen LogP contribution is -2.20. The van der Waals surface area contributed by atoms with Crippen LogP contribution in [0.2, 0.25) is 0 Å². The number of para-hydroxylation sites is 1. The molecule has 0 aliphatic rings. The van der Waals surface area contributed by atoms with Crippen molar-refractivity contribution in [2.45, 2.75) is 13.3 Å². The summed E-state index contributed by atoms with van der Waals surface area (Å²) in [5.41, 5.74) is 3.95. The van der Waals surface area contributed by atoms with Gasteiger partial charge in [-0.1, -0.05) is 78.9 Å². The Labute approximate surface area is 197 Å². The smallest absolute Gasteiger partial charge is 0.341 e. The highest BCUT2D eigenvalue weighted by molar-refractivity contribution is 7.20. The number of amides is 2. The third-order valence-electron chi connectivity index (χ3n) is 5.01. The maximum atomic E-state index is 13.1. The molecule has 0 aliphatic carbocycles. The van der Waals surface area contributed by atoms with Gasteiger partial charge in [0.15, 0.2) is 0 Å². The van der Waals surface area contributed by atoms with Crippen molar-refractivity contribution < 1.29 is 14.3 Å².